The molecule has 99 valence electrons. The van der Waals surface area contributed by atoms with Crippen LogP contribution in [0.25, 0.3) is 0 Å². The van der Waals surface area contributed by atoms with Crippen molar-refractivity contribution < 1.29 is 26.4 Å². The molecule has 0 atom stereocenters. The largest absolute Gasteiger partial charge is 0.999 e. The van der Waals surface area contributed by atoms with E-state index in [4.69, 9.17) is 11.6 Å². The molecule has 0 unspecified atom stereocenters. The first-order valence-corrected chi connectivity index (χ1v) is 5.39. The molecule has 0 amide bonds. The molecule has 0 saturated carbocycles. The summed E-state index contributed by atoms with van der Waals surface area (Å²) in [6.45, 7) is 3.25. The molecule has 0 aromatic heterocycles. The summed E-state index contributed by atoms with van der Waals surface area (Å²) in [6.07, 6.45) is 2.43. The van der Waals surface area contributed by atoms with Gasteiger partial charge in [0.15, 0.2) is 0 Å². The smallest absolute Gasteiger partial charge is 0.0720 e. The van der Waals surface area contributed by atoms with Crippen LogP contribution in [0.3, 0.4) is 0 Å². The third kappa shape index (κ3) is 4.33. The van der Waals surface area contributed by atoms with Crippen LogP contribution in [0.15, 0.2) is 22.8 Å². The van der Waals surface area contributed by atoms with E-state index in [9.17, 15) is 9.59 Å². The quantitative estimate of drug-likeness (QED) is 0.452. The first kappa shape index (κ1) is 17.0. The van der Waals surface area contributed by atoms with Gasteiger partial charge in [0.05, 0.1) is 11.6 Å². The topological polar surface area (TPSA) is 34.1 Å². The number of hydrogen-bond donors (Lipinski definition) is 0. The van der Waals surface area contributed by atoms with E-state index in [-0.39, 0.29) is 39.8 Å². The summed E-state index contributed by atoms with van der Waals surface area (Å²) in [7, 11) is 0. The Kier molecular flexibility index (Phi) is 7.67. The summed E-state index contributed by atoms with van der Waals surface area (Å²) in [5.74, 6) is -0.347. The Morgan fingerprint density at radius 2 is 1.67 bits per heavy atom. The maximum atomic E-state index is 11.3. The van der Waals surface area contributed by atoms with E-state index >= 15 is 0 Å². The number of rotatable bonds is 1. The van der Waals surface area contributed by atoms with Crippen LogP contribution in [0.2, 0.25) is 0 Å². The van der Waals surface area contributed by atoms with Crippen LogP contribution in [-0.4, -0.2) is 17.4 Å². The fourth-order valence-electron chi connectivity index (χ4n) is 1.13. The van der Waals surface area contributed by atoms with E-state index < -0.39 is 0 Å². The van der Waals surface area contributed by atoms with Crippen molar-refractivity contribution in [3.8, 4) is 0 Å². The fourth-order valence-corrected chi connectivity index (χ4v) is 1.32. The van der Waals surface area contributed by atoms with Gasteiger partial charge in [0.1, 0.15) is 0 Å². The predicted octanol–water partition coefficient (Wildman–Crippen LogP) is 2.05. The molecule has 18 heavy (non-hydrogen) atoms. The van der Waals surface area contributed by atoms with Crippen LogP contribution in [0.4, 0.5) is 0 Å². The minimum Gasteiger partial charge on any atom is -0.999 e. The molecule has 1 aliphatic rings. The van der Waals surface area contributed by atoms with E-state index in [1.807, 2.05) is 0 Å². The van der Waals surface area contributed by atoms with Gasteiger partial charge in [0, 0.05) is 22.7 Å². The van der Waals surface area contributed by atoms with Gasteiger partial charge in [0.2, 0.25) is 0 Å². The second kappa shape index (κ2) is 8.14. The minimum atomic E-state index is -0.234. The van der Waals surface area contributed by atoms with Crippen LogP contribution in [0.5, 0.6) is 0 Å². The fraction of sp³-hybridized carbons (Fsp3) is 0.214. The van der Waals surface area contributed by atoms with Gasteiger partial charge in [-0.25, -0.2) is 0 Å². The zero-order valence-corrected chi connectivity index (χ0v) is 11.6. The van der Waals surface area contributed by atoms with Gasteiger partial charge in [-0.05, 0) is 0 Å². The molecule has 0 N–H and O–H groups in total. The average molecular weight is 304 g/mol. The average Bonchev–Trinajstić information content (AvgIpc) is 2.90. The molecule has 1 aromatic carbocycles. The predicted molar refractivity (Wildman–Crippen MR) is 63.2 cm³/mol. The van der Waals surface area contributed by atoms with E-state index in [0.717, 1.165) is 0 Å². The van der Waals surface area contributed by atoms with E-state index in [0.29, 0.717) is 11.1 Å². The Labute approximate surface area is 122 Å². The second-order valence-electron chi connectivity index (χ2n) is 3.33. The number of halogens is 1. The molecule has 2 nitrogen and oxygen atoms in total. The van der Waals surface area contributed by atoms with E-state index in [2.05, 4.69) is 30.3 Å². The number of hydrogen-bond acceptors (Lipinski definition) is 2. The molecule has 1 aromatic rings. The Balaban J connectivity index is 0.000000405. The van der Waals surface area contributed by atoms with Crippen molar-refractivity contribution in [3.63, 3.8) is 0 Å². The normalized spacial score (nSPS) is 14.5. The molecule has 0 bridgehead atoms. The van der Waals surface area contributed by atoms with Crippen molar-refractivity contribution in [1.29, 1.82) is 0 Å². The monoisotopic (exact) mass is 303 g/mol. The van der Waals surface area contributed by atoms with Crippen LogP contribution in [0.1, 0.15) is 13.8 Å². The molecule has 0 heterocycles. The summed E-state index contributed by atoms with van der Waals surface area (Å²) in [5.41, 5.74) is 1.22. The second-order valence-corrected chi connectivity index (χ2v) is 3.60. The van der Waals surface area contributed by atoms with Crippen LogP contribution in [-0.2, 0) is 26.4 Å². The third-order valence-corrected chi connectivity index (χ3v) is 2.53. The summed E-state index contributed by atoms with van der Waals surface area (Å²) in [5, 5.41) is 0. The molecule has 4 heteroatoms. The third-order valence-electron chi connectivity index (χ3n) is 2.27. The maximum absolute atomic E-state index is 11.3. The van der Waals surface area contributed by atoms with Crippen LogP contribution >= 0.6 is 11.6 Å². The summed E-state index contributed by atoms with van der Waals surface area (Å²) >= 11 is 5.46. The van der Waals surface area contributed by atoms with Crippen molar-refractivity contribution in [1.82, 2.24) is 0 Å². The number of carbonyl (C=O) groups is 2. The standard InChI is InChI=1S/C9H8ClO2.C5H.Co/c1-5-6(2)9(12)7(4-10)3-8(5)11;1-2-4-5-3-1;/h4H2,1-2H3;1H;/q-1;-5;. The SMILES string of the molecule is CC1=C(C)C(=O)C(CCl)=[C-]C1=O.[Co].[c-]1[c-][c-][cH-][c-]1. The zero-order chi connectivity index (χ0) is 12.8. The van der Waals surface area contributed by atoms with E-state index in [1.54, 1.807) is 19.9 Å². The first-order chi connectivity index (χ1) is 8.07. The molecular weight excluding hydrogens is 295 g/mol. The summed E-state index contributed by atoms with van der Waals surface area (Å²) < 4.78 is 0. The molecule has 1 radical (unpaired) electrons. The van der Waals surface area contributed by atoms with Gasteiger partial charge in [-0.1, -0.05) is 19.4 Å². The van der Waals surface area contributed by atoms with Gasteiger partial charge >= 0.3 is 0 Å². The molecule has 2 rings (SSSR count). The number of allylic oxidation sites excluding steroid dienone is 4. The van der Waals surface area contributed by atoms with Crippen LogP contribution in [0, 0.1) is 30.3 Å². The Bertz CT molecular complexity index is 453. The Hall–Kier alpha value is -1.03. The molecule has 0 fully saturated rings. The van der Waals surface area contributed by atoms with Crippen molar-refractivity contribution in [2.24, 2.45) is 0 Å². The van der Waals surface area contributed by atoms with Gasteiger partial charge < -0.3 is 39.9 Å². The summed E-state index contributed by atoms with van der Waals surface area (Å²) in [4.78, 5) is 22.4. The number of ketones is 2. The van der Waals surface area contributed by atoms with Crippen molar-refractivity contribution in [3.05, 3.63) is 53.1 Å². The molecular formula is C14H9ClCoO2-6. The van der Waals surface area contributed by atoms with Gasteiger partial charge in [-0.3, -0.25) is 0 Å². The summed E-state index contributed by atoms with van der Waals surface area (Å²) in [6, 6.07) is 12.0. The van der Waals surface area contributed by atoms with Crippen molar-refractivity contribution >= 4 is 23.2 Å². The number of carbonyl (C=O) groups excluding carboxylic acids is 2. The minimum absolute atomic E-state index is 0. The number of alkyl halides is 1. The van der Waals surface area contributed by atoms with Gasteiger partial charge in [-0.2, -0.15) is 0 Å². The molecule has 1 aliphatic carbocycles. The Morgan fingerprint density at radius 3 is 2.06 bits per heavy atom. The molecule has 0 spiro atoms. The van der Waals surface area contributed by atoms with Gasteiger partial charge in [0.25, 0.3) is 0 Å². The van der Waals surface area contributed by atoms with E-state index in [1.165, 1.54) is 0 Å². The zero-order valence-electron chi connectivity index (χ0n) is 9.81. The number of Topliss-reactive ketones (excluding diaryl/α,β-unsaturated/α-hetero) is 2. The molecule has 0 aliphatic heterocycles. The maximum Gasteiger partial charge on any atom is 0.0720 e. The van der Waals surface area contributed by atoms with Crippen LogP contribution < -0.4 is 0 Å². The van der Waals surface area contributed by atoms with Gasteiger partial charge in [-0.15, -0.1) is 28.8 Å². The molecule has 0 saturated heterocycles. The first-order valence-electron chi connectivity index (χ1n) is 4.86. The Morgan fingerprint density at radius 1 is 1.11 bits per heavy atom. The van der Waals surface area contributed by atoms with Crippen molar-refractivity contribution in [2.75, 3.05) is 5.88 Å². The van der Waals surface area contributed by atoms with Crippen molar-refractivity contribution in [2.45, 2.75) is 13.8 Å².